The van der Waals surface area contributed by atoms with E-state index in [-0.39, 0.29) is 11.9 Å². The van der Waals surface area contributed by atoms with Crippen LogP contribution in [0.25, 0.3) is 10.1 Å². The average molecular weight is 463 g/mol. The number of anilines is 1. The van der Waals surface area contributed by atoms with E-state index in [2.05, 4.69) is 10.3 Å². The van der Waals surface area contributed by atoms with E-state index < -0.39 is 0 Å². The number of pyridine rings is 1. The van der Waals surface area contributed by atoms with Crippen molar-refractivity contribution in [3.8, 4) is 11.5 Å². The quantitative estimate of drug-likeness (QED) is 0.357. The van der Waals surface area contributed by atoms with Crippen molar-refractivity contribution >= 4 is 39.0 Å². The topological polar surface area (TPSA) is 86.8 Å². The number of ether oxygens (including phenoxy) is 3. The third-order valence-corrected chi connectivity index (χ3v) is 5.97. The Balaban J connectivity index is 1.45. The molecular weight excluding hydrogens is 440 g/mol. The van der Waals surface area contributed by atoms with Crippen LogP contribution in [-0.4, -0.2) is 30.6 Å². The van der Waals surface area contributed by atoms with Gasteiger partial charge in [0.1, 0.15) is 18.1 Å². The monoisotopic (exact) mass is 462 g/mol. The van der Waals surface area contributed by atoms with Crippen LogP contribution in [0, 0.1) is 0 Å². The molecule has 0 aliphatic rings. The largest absolute Gasteiger partial charge is 0.497 e. The lowest BCUT2D eigenvalue weighted by Crippen LogP contribution is -2.11. The molecule has 2 aromatic carbocycles. The number of fused-ring (bicyclic) bond motifs is 1. The van der Waals surface area contributed by atoms with Crippen molar-refractivity contribution < 1.29 is 23.8 Å². The van der Waals surface area contributed by atoms with Crippen molar-refractivity contribution in [3.63, 3.8) is 0 Å². The van der Waals surface area contributed by atoms with E-state index in [1.807, 2.05) is 17.5 Å². The Morgan fingerprint density at radius 3 is 2.64 bits per heavy atom. The summed E-state index contributed by atoms with van der Waals surface area (Å²) < 4.78 is 17.0. The summed E-state index contributed by atoms with van der Waals surface area (Å²) in [4.78, 5) is 28.9. The van der Waals surface area contributed by atoms with Crippen LogP contribution in [0.1, 0.15) is 33.2 Å². The molecule has 0 aliphatic heterocycles. The smallest absolute Gasteiger partial charge is 0.341 e. The number of carbonyl (C=O) groups is 2. The van der Waals surface area contributed by atoms with Gasteiger partial charge in [0.15, 0.2) is 0 Å². The molecule has 0 spiro atoms. The maximum atomic E-state index is 12.5. The highest BCUT2D eigenvalue weighted by Crippen LogP contribution is 2.30. The van der Waals surface area contributed by atoms with E-state index in [9.17, 15) is 9.59 Å². The number of rotatable bonds is 8. The number of nitrogens with zero attached hydrogens (tertiary/aromatic N) is 1. The van der Waals surface area contributed by atoms with Crippen LogP contribution in [0.2, 0.25) is 0 Å². The van der Waals surface area contributed by atoms with Gasteiger partial charge in [-0.05, 0) is 48.7 Å². The lowest BCUT2D eigenvalue weighted by atomic mass is 10.2. The Labute approximate surface area is 194 Å². The van der Waals surface area contributed by atoms with E-state index >= 15 is 0 Å². The first-order valence-electron chi connectivity index (χ1n) is 10.3. The average Bonchev–Trinajstić information content (AvgIpc) is 3.26. The summed E-state index contributed by atoms with van der Waals surface area (Å²) in [5.41, 5.74) is 2.52. The number of hydrogen-bond donors (Lipinski definition) is 1. The highest BCUT2D eigenvalue weighted by molar-refractivity contribution is 7.17. The lowest BCUT2D eigenvalue weighted by Gasteiger charge is -2.10. The van der Waals surface area contributed by atoms with Crippen LogP contribution >= 0.6 is 11.3 Å². The van der Waals surface area contributed by atoms with Gasteiger partial charge in [-0.25, -0.2) is 4.79 Å². The molecule has 0 aliphatic carbocycles. The van der Waals surface area contributed by atoms with Crippen LogP contribution in [0.3, 0.4) is 0 Å². The zero-order valence-corrected chi connectivity index (χ0v) is 19.0. The highest BCUT2D eigenvalue weighted by atomic mass is 32.1. The third-order valence-electron chi connectivity index (χ3n) is 4.90. The van der Waals surface area contributed by atoms with Crippen LogP contribution in [0.15, 0.2) is 66.3 Å². The Bertz CT molecular complexity index is 1280. The maximum absolute atomic E-state index is 12.5. The van der Waals surface area contributed by atoms with Crippen molar-refractivity contribution in [1.29, 1.82) is 0 Å². The number of hydrogen-bond acceptors (Lipinski definition) is 7. The number of esters is 1. The highest BCUT2D eigenvalue weighted by Gasteiger charge is 2.16. The lowest BCUT2D eigenvalue weighted by molar-refractivity contribution is 0.0528. The summed E-state index contributed by atoms with van der Waals surface area (Å²) in [6, 6.07) is 14.1. The minimum Gasteiger partial charge on any atom is -0.497 e. The first kappa shape index (κ1) is 22.3. The number of carbonyl (C=O) groups excluding carboxylic acids is 2. The standard InChI is InChI=1S/C25H22N2O5S/c1-3-31-25(29)22-13-26-12-21-17(15-33-23(21)22)14-32-20-6-4-5-18(11-20)27-24(28)16-7-9-19(30-2)10-8-16/h4-13,15H,3,14H2,1-2H3,(H,27,28). The molecule has 4 aromatic rings. The van der Waals surface area contributed by atoms with E-state index in [1.54, 1.807) is 56.6 Å². The van der Waals surface area contributed by atoms with Gasteiger partial charge in [-0.3, -0.25) is 9.78 Å². The van der Waals surface area contributed by atoms with Gasteiger partial charge in [-0.1, -0.05) is 6.07 Å². The molecular formula is C25H22N2O5S. The van der Waals surface area contributed by atoms with Crippen LogP contribution in [0.4, 0.5) is 5.69 Å². The fraction of sp³-hybridized carbons (Fsp3) is 0.160. The Kier molecular flexibility index (Phi) is 6.85. The molecule has 1 N–H and O–H groups in total. The molecule has 0 unspecified atom stereocenters. The number of nitrogens with one attached hydrogen (secondary N) is 1. The third kappa shape index (κ3) is 5.12. The second-order valence-electron chi connectivity index (χ2n) is 7.04. The molecule has 168 valence electrons. The van der Waals surface area contributed by atoms with Crippen molar-refractivity contribution in [3.05, 3.63) is 83.0 Å². The summed E-state index contributed by atoms with van der Waals surface area (Å²) in [6.45, 7) is 2.37. The molecule has 33 heavy (non-hydrogen) atoms. The van der Waals surface area contributed by atoms with Crippen LogP contribution in [0.5, 0.6) is 11.5 Å². The molecule has 0 bridgehead atoms. The Morgan fingerprint density at radius 2 is 1.88 bits per heavy atom. The molecule has 8 heteroatoms. The van der Waals surface area contributed by atoms with Crippen LogP contribution in [-0.2, 0) is 11.3 Å². The molecule has 0 atom stereocenters. The van der Waals surface area contributed by atoms with E-state index in [0.717, 1.165) is 15.6 Å². The van der Waals surface area contributed by atoms with E-state index in [1.165, 1.54) is 17.5 Å². The second kappa shape index (κ2) is 10.1. The van der Waals surface area contributed by atoms with Gasteiger partial charge >= 0.3 is 5.97 Å². The second-order valence-corrected chi connectivity index (χ2v) is 7.92. The van der Waals surface area contributed by atoms with E-state index in [0.29, 0.717) is 41.5 Å². The minimum absolute atomic E-state index is 0.226. The predicted octanol–water partition coefficient (Wildman–Crippen LogP) is 5.31. The molecule has 4 rings (SSSR count). The first-order chi connectivity index (χ1) is 16.1. The van der Waals surface area contributed by atoms with Crippen molar-refractivity contribution in [2.24, 2.45) is 0 Å². The molecule has 2 aromatic heterocycles. The minimum atomic E-state index is -0.384. The molecule has 0 saturated heterocycles. The normalized spacial score (nSPS) is 10.6. The molecule has 2 heterocycles. The number of thiophene rings is 1. The fourth-order valence-corrected chi connectivity index (χ4v) is 4.26. The zero-order chi connectivity index (χ0) is 23.2. The zero-order valence-electron chi connectivity index (χ0n) is 18.2. The van der Waals surface area contributed by atoms with Gasteiger partial charge in [0, 0.05) is 40.7 Å². The SMILES string of the molecule is CCOC(=O)c1cncc2c(COc3cccc(NC(=O)c4ccc(OC)cc4)c3)csc12. The molecule has 0 saturated carbocycles. The number of aromatic nitrogens is 1. The van der Waals surface area contributed by atoms with Gasteiger partial charge in [0.25, 0.3) is 5.91 Å². The predicted molar refractivity (Wildman–Crippen MR) is 127 cm³/mol. The number of benzene rings is 2. The van der Waals surface area contributed by atoms with Crippen molar-refractivity contribution in [2.75, 3.05) is 19.0 Å². The van der Waals surface area contributed by atoms with Gasteiger partial charge < -0.3 is 19.5 Å². The fourth-order valence-electron chi connectivity index (χ4n) is 3.23. The summed E-state index contributed by atoms with van der Waals surface area (Å²) in [5.74, 6) is 0.685. The first-order valence-corrected chi connectivity index (χ1v) is 11.2. The molecule has 0 fully saturated rings. The molecule has 7 nitrogen and oxygen atoms in total. The summed E-state index contributed by atoms with van der Waals surface area (Å²) in [5, 5.41) is 5.68. The maximum Gasteiger partial charge on any atom is 0.341 e. The van der Waals surface area contributed by atoms with Gasteiger partial charge in [-0.15, -0.1) is 11.3 Å². The summed E-state index contributed by atoms with van der Waals surface area (Å²) in [6.07, 6.45) is 3.25. The number of amides is 1. The summed E-state index contributed by atoms with van der Waals surface area (Å²) in [7, 11) is 1.58. The van der Waals surface area contributed by atoms with Gasteiger partial charge in [-0.2, -0.15) is 0 Å². The van der Waals surface area contributed by atoms with Gasteiger partial charge in [0.05, 0.1) is 24.0 Å². The summed E-state index contributed by atoms with van der Waals surface area (Å²) >= 11 is 1.45. The van der Waals surface area contributed by atoms with Crippen LogP contribution < -0.4 is 14.8 Å². The Hall–Kier alpha value is -3.91. The van der Waals surface area contributed by atoms with Crippen molar-refractivity contribution in [1.82, 2.24) is 4.98 Å². The number of methoxy groups -OCH3 is 1. The molecule has 0 radical (unpaired) electrons. The van der Waals surface area contributed by atoms with Crippen molar-refractivity contribution in [2.45, 2.75) is 13.5 Å². The van der Waals surface area contributed by atoms with E-state index in [4.69, 9.17) is 14.2 Å². The molecule has 1 amide bonds. The van der Waals surface area contributed by atoms with Gasteiger partial charge in [0.2, 0.25) is 0 Å². The Morgan fingerprint density at radius 1 is 1.06 bits per heavy atom.